The molecular formula is C31H49NO2. The van der Waals surface area contributed by atoms with E-state index in [1.807, 2.05) is 0 Å². The van der Waals surface area contributed by atoms with E-state index in [2.05, 4.69) is 107 Å². The van der Waals surface area contributed by atoms with Gasteiger partial charge in [-0.3, -0.25) is 0 Å². The Hall–Kier alpha value is -2.00. The summed E-state index contributed by atoms with van der Waals surface area (Å²) in [5, 5.41) is 0. The minimum absolute atomic E-state index is 0.0753. The standard InChI is InChI=1S/C31H49NO2/c1-28(2,3)21-15-19(16-22(26(21)33-13)29(4,5)6)25(32)20-17-23(30(7,8)9)27(34-14)24(18-20)31(10,11)12/h15-18,25H,32H2,1-14H3. The Kier molecular flexibility index (Phi) is 7.66. The number of nitrogens with two attached hydrogens (primary N) is 1. The maximum absolute atomic E-state index is 7.07. The van der Waals surface area contributed by atoms with Crippen molar-refractivity contribution in [2.75, 3.05) is 14.2 Å². The van der Waals surface area contributed by atoms with E-state index in [-0.39, 0.29) is 27.7 Å². The summed E-state index contributed by atoms with van der Waals surface area (Å²) >= 11 is 0. The quantitative estimate of drug-likeness (QED) is 0.496. The highest BCUT2D eigenvalue weighted by Crippen LogP contribution is 2.44. The number of hydrogen-bond acceptors (Lipinski definition) is 3. The molecule has 0 fully saturated rings. The molecule has 190 valence electrons. The van der Waals surface area contributed by atoms with Crippen LogP contribution in [0.15, 0.2) is 24.3 Å². The van der Waals surface area contributed by atoms with Gasteiger partial charge in [-0.1, -0.05) is 83.1 Å². The summed E-state index contributed by atoms with van der Waals surface area (Å²) in [7, 11) is 3.54. The fraction of sp³-hybridized carbons (Fsp3) is 0.613. The van der Waals surface area contributed by atoms with Crippen LogP contribution in [-0.4, -0.2) is 14.2 Å². The molecule has 0 saturated heterocycles. The molecule has 0 heterocycles. The molecule has 0 spiro atoms. The Bertz CT molecular complexity index is 868. The third-order valence-corrected chi connectivity index (χ3v) is 6.58. The first-order valence-corrected chi connectivity index (χ1v) is 12.4. The highest BCUT2D eigenvalue weighted by atomic mass is 16.5. The summed E-state index contributed by atoms with van der Waals surface area (Å²) in [4.78, 5) is 0. The lowest BCUT2D eigenvalue weighted by molar-refractivity contribution is 0.380. The van der Waals surface area contributed by atoms with Crippen LogP contribution in [0.2, 0.25) is 0 Å². The van der Waals surface area contributed by atoms with Crippen LogP contribution in [0.5, 0.6) is 11.5 Å². The third kappa shape index (κ3) is 5.79. The summed E-state index contributed by atoms with van der Waals surface area (Å²) in [5.74, 6) is 1.94. The Labute approximate surface area is 209 Å². The van der Waals surface area contributed by atoms with Gasteiger partial charge in [0.25, 0.3) is 0 Å². The second-order valence-electron chi connectivity index (χ2n) is 13.8. The Morgan fingerprint density at radius 1 is 0.500 bits per heavy atom. The molecule has 2 N–H and O–H groups in total. The number of rotatable bonds is 4. The van der Waals surface area contributed by atoms with Crippen LogP contribution in [0.4, 0.5) is 0 Å². The average molecular weight is 468 g/mol. The zero-order valence-electron chi connectivity index (χ0n) is 24.3. The zero-order chi connectivity index (χ0) is 26.4. The van der Waals surface area contributed by atoms with Crippen molar-refractivity contribution in [3.8, 4) is 11.5 Å². The molecule has 2 aromatic rings. The molecule has 0 bridgehead atoms. The van der Waals surface area contributed by atoms with Crippen molar-refractivity contribution in [1.29, 1.82) is 0 Å². The van der Waals surface area contributed by atoms with Gasteiger partial charge in [-0.25, -0.2) is 0 Å². The van der Waals surface area contributed by atoms with Gasteiger partial charge in [0.1, 0.15) is 11.5 Å². The SMILES string of the molecule is COc1c(C(C)(C)C)cc(C(N)c2cc(C(C)(C)C)c(OC)c(C(C)(C)C)c2)cc1C(C)(C)C. The zero-order valence-corrected chi connectivity index (χ0v) is 24.3. The molecule has 2 rings (SSSR count). The monoisotopic (exact) mass is 467 g/mol. The minimum atomic E-state index is -0.263. The maximum Gasteiger partial charge on any atom is 0.126 e. The summed E-state index contributed by atoms with van der Waals surface area (Å²) in [6, 6.07) is 8.72. The largest absolute Gasteiger partial charge is 0.496 e. The Morgan fingerprint density at radius 3 is 0.853 bits per heavy atom. The molecule has 0 aliphatic rings. The highest BCUT2D eigenvalue weighted by Gasteiger charge is 2.31. The molecule has 0 atom stereocenters. The topological polar surface area (TPSA) is 44.5 Å². The van der Waals surface area contributed by atoms with Crippen molar-refractivity contribution >= 4 is 0 Å². The molecule has 0 aromatic heterocycles. The van der Waals surface area contributed by atoms with E-state index in [1.165, 1.54) is 22.3 Å². The lowest BCUT2D eigenvalue weighted by atomic mass is 9.75. The molecular weight excluding hydrogens is 418 g/mol. The van der Waals surface area contributed by atoms with Gasteiger partial charge in [-0.15, -0.1) is 0 Å². The molecule has 0 saturated carbocycles. The summed E-state index contributed by atoms with van der Waals surface area (Å²) in [5.41, 5.74) is 13.7. The van der Waals surface area contributed by atoms with Gasteiger partial charge in [-0.05, 0) is 57.1 Å². The number of methoxy groups -OCH3 is 2. The van der Waals surface area contributed by atoms with E-state index < -0.39 is 0 Å². The molecule has 34 heavy (non-hydrogen) atoms. The van der Waals surface area contributed by atoms with Crippen LogP contribution in [0.25, 0.3) is 0 Å². The second-order valence-corrected chi connectivity index (χ2v) is 13.8. The van der Waals surface area contributed by atoms with Crippen molar-refractivity contribution in [3.63, 3.8) is 0 Å². The lowest BCUT2D eigenvalue weighted by Gasteiger charge is -2.32. The summed E-state index contributed by atoms with van der Waals surface area (Å²) in [6.45, 7) is 26.8. The molecule has 0 amide bonds. The Morgan fingerprint density at radius 2 is 0.706 bits per heavy atom. The van der Waals surface area contributed by atoms with E-state index in [0.717, 1.165) is 22.6 Å². The fourth-order valence-corrected chi connectivity index (χ4v) is 4.52. The van der Waals surface area contributed by atoms with Crippen LogP contribution in [0, 0.1) is 0 Å². The van der Waals surface area contributed by atoms with Crippen molar-refractivity contribution in [1.82, 2.24) is 0 Å². The molecule has 2 aromatic carbocycles. The van der Waals surface area contributed by atoms with Crippen LogP contribution >= 0.6 is 0 Å². The third-order valence-electron chi connectivity index (χ3n) is 6.58. The lowest BCUT2D eigenvalue weighted by Crippen LogP contribution is -2.24. The van der Waals surface area contributed by atoms with Crippen LogP contribution in [0.1, 0.15) is 123 Å². The van der Waals surface area contributed by atoms with Crippen LogP contribution < -0.4 is 15.2 Å². The second kappa shape index (κ2) is 9.22. The molecule has 0 aliphatic heterocycles. The molecule has 0 aliphatic carbocycles. The molecule has 0 radical (unpaired) electrons. The fourth-order valence-electron chi connectivity index (χ4n) is 4.52. The maximum atomic E-state index is 7.07. The first kappa shape index (κ1) is 28.2. The molecule has 0 unspecified atom stereocenters. The Balaban J connectivity index is 2.90. The molecule has 3 heteroatoms. The minimum Gasteiger partial charge on any atom is -0.496 e. The van der Waals surface area contributed by atoms with Gasteiger partial charge < -0.3 is 15.2 Å². The first-order chi connectivity index (χ1) is 15.2. The van der Waals surface area contributed by atoms with Crippen molar-refractivity contribution in [2.24, 2.45) is 5.73 Å². The predicted molar refractivity (Wildman–Crippen MR) is 147 cm³/mol. The number of ether oxygens (including phenoxy) is 2. The van der Waals surface area contributed by atoms with Gasteiger partial charge in [0.2, 0.25) is 0 Å². The van der Waals surface area contributed by atoms with Crippen molar-refractivity contribution in [3.05, 3.63) is 57.6 Å². The molecule has 3 nitrogen and oxygen atoms in total. The normalized spacial score (nSPS) is 13.4. The van der Waals surface area contributed by atoms with E-state index in [9.17, 15) is 0 Å². The number of hydrogen-bond donors (Lipinski definition) is 1. The van der Waals surface area contributed by atoms with Gasteiger partial charge >= 0.3 is 0 Å². The summed E-state index contributed by atoms with van der Waals surface area (Å²) < 4.78 is 11.9. The van der Waals surface area contributed by atoms with Crippen molar-refractivity contribution in [2.45, 2.75) is 111 Å². The van der Waals surface area contributed by atoms with Crippen LogP contribution in [-0.2, 0) is 21.7 Å². The van der Waals surface area contributed by atoms with Crippen molar-refractivity contribution < 1.29 is 9.47 Å². The van der Waals surface area contributed by atoms with E-state index >= 15 is 0 Å². The summed E-state index contributed by atoms with van der Waals surface area (Å²) in [6.07, 6.45) is 0. The van der Waals surface area contributed by atoms with E-state index in [1.54, 1.807) is 14.2 Å². The van der Waals surface area contributed by atoms with E-state index in [0.29, 0.717) is 0 Å². The number of benzene rings is 2. The van der Waals surface area contributed by atoms with Gasteiger partial charge in [0.05, 0.1) is 20.3 Å². The first-order valence-electron chi connectivity index (χ1n) is 12.4. The van der Waals surface area contributed by atoms with E-state index in [4.69, 9.17) is 15.2 Å². The van der Waals surface area contributed by atoms with Crippen LogP contribution in [0.3, 0.4) is 0 Å². The van der Waals surface area contributed by atoms with Gasteiger partial charge in [0.15, 0.2) is 0 Å². The van der Waals surface area contributed by atoms with Gasteiger partial charge in [-0.2, -0.15) is 0 Å². The smallest absolute Gasteiger partial charge is 0.126 e. The highest BCUT2D eigenvalue weighted by molar-refractivity contribution is 5.55. The van der Waals surface area contributed by atoms with Gasteiger partial charge in [0, 0.05) is 22.3 Å². The predicted octanol–water partition coefficient (Wildman–Crippen LogP) is 7.94. The average Bonchev–Trinajstić information content (AvgIpc) is 2.68.